The predicted molar refractivity (Wildman–Crippen MR) is 140 cm³/mol. The molecule has 3 aromatic carbocycles. The van der Waals surface area contributed by atoms with Crippen molar-refractivity contribution in [3.05, 3.63) is 89.2 Å². The molecule has 2 amide bonds. The smallest absolute Gasteiger partial charge is 0.261 e. The van der Waals surface area contributed by atoms with Crippen molar-refractivity contribution in [2.45, 2.75) is 39.5 Å². The average molecular weight is 481 g/mol. The van der Waals surface area contributed by atoms with Crippen LogP contribution in [-0.2, 0) is 4.79 Å². The Kier molecular flexibility index (Phi) is 6.04. The van der Waals surface area contributed by atoms with E-state index in [0.717, 1.165) is 10.8 Å². The van der Waals surface area contributed by atoms with Gasteiger partial charge in [-0.15, -0.1) is 0 Å². The van der Waals surface area contributed by atoms with E-state index in [0.29, 0.717) is 48.2 Å². The fourth-order valence-corrected chi connectivity index (χ4v) is 5.15. The number of Topliss-reactive ketones (excluding diaryl/α,β-unsaturated/α-hetero) is 1. The number of rotatable bonds is 6. The highest BCUT2D eigenvalue weighted by molar-refractivity contribution is 6.24. The van der Waals surface area contributed by atoms with E-state index in [1.807, 2.05) is 56.3 Å². The molecule has 1 aliphatic heterocycles. The number of carbonyl (C=O) groups excluding carboxylic acids is 3. The quantitative estimate of drug-likeness (QED) is 0.337. The molecule has 0 atom stereocenters. The number of benzene rings is 3. The summed E-state index contributed by atoms with van der Waals surface area (Å²) in [5.74, 6) is -0.694. The summed E-state index contributed by atoms with van der Waals surface area (Å²) in [6.45, 7) is 4.12. The van der Waals surface area contributed by atoms with Crippen LogP contribution in [0.2, 0.25) is 0 Å². The van der Waals surface area contributed by atoms with E-state index in [4.69, 9.17) is 4.99 Å². The van der Waals surface area contributed by atoms with Crippen LogP contribution < -0.4 is 0 Å². The molecule has 0 unspecified atom stereocenters. The molecular weight excluding hydrogens is 452 g/mol. The molecule has 36 heavy (non-hydrogen) atoms. The molecular formula is C30H28N2O4. The van der Waals surface area contributed by atoms with Gasteiger partial charge in [0.2, 0.25) is 0 Å². The highest BCUT2D eigenvalue weighted by atomic mass is 16.3. The lowest BCUT2D eigenvalue weighted by Crippen LogP contribution is -2.32. The monoisotopic (exact) mass is 480 g/mol. The Morgan fingerprint density at radius 1 is 0.889 bits per heavy atom. The summed E-state index contributed by atoms with van der Waals surface area (Å²) in [6.07, 6.45) is 1.46. The zero-order valence-electron chi connectivity index (χ0n) is 20.5. The lowest BCUT2D eigenvalue weighted by Gasteiger charge is -2.30. The molecule has 0 saturated carbocycles. The maximum absolute atomic E-state index is 13.2. The molecule has 0 spiro atoms. The third-order valence-corrected chi connectivity index (χ3v) is 6.84. The van der Waals surface area contributed by atoms with Crippen LogP contribution in [0.1, 0.15) is 60.2 Å². The van der Waals surface area contributed by atoms with Crippen LogP contribution in [0.25, 0.3) is 10.8 Å². The molecule has 0 bridgehead atoms. The summed E-state index contributed by atoms with van der Waals surface area (Å²) in [6, 6.07) is 20.5. The molecule has 0 saturated heterocycles. The molecule has 0 fully saturated rings. The first-order chi connectivity index (χ1) is 17.2. The van der Waals surface area contributed by atoms with Crippen molar-refractivity contribution >= 4 is 39.8 Å². The SMILES string of the molecule is CC1(C)CC(=O)C(C(CCCN2C(=O)c3ccccc3C2=O)=Nc2cccc3ccccc23)=C(O)C1. The number of amides is 2. The number of ketones is 1. The lowest BCUT2D eigenvalue weighted by atomic mass is 9.75. The first-order valence-electron chi connectivity index (χ1n) is 12.2. The maximum Gasteiger partial charge on any atom is 0.261 e. The minimum absolute atomic E-state index is 0.0518. The van der Waals surface area contributed by atoms with Gasteiger partial charge in [0.05, 0.1) is 28.1 Å². The third kappa shape index (κ3) is 4.35. The van der Waals surface area contributed by atoms with E-state index in [1.54, 1.807) is 24.3 Å². The van der Waals surface area contributed by atoms with Gasteiger partial charge in [0.25, 0.3) is 11.8 Å². The Balaban J connectivity index is 1.47. The number of aliphatic hydroxyl groups is 1. The van der Waals surface area contributed by atoms with Crippen molar-refractivity contribution < 1.29 is 19.5 Å². The van der Waals surface area contributed by atoms with Crippen LogP contribution in [0.3, 0.4) is 0 Å². The Labute approximate surface area is 210 Å². The summed E-state index contributed by atoms with van der Waals surface area (Å²) in [4.78, 5) is 44.8. The van der Waals surface area contributed by atoms with Gasteiger partial charge in [0, 0.05) is 24.8 Å². The second-order valence-electron chi connectivity index (χ2n) is 10.2. The summed E-state index contributed by atoms with van der Waals surface area (Å²) in [5.41, 5.74) is 1.97. The summed E-state index contributed by atoms with van der Waals surface area (Å²) in [7, 11) is 0. The van der Waals surface area contributed by atoms with Crippen molar-refractivity contribution in [2.75, 3.05) is 6.54 Å². The van der Waals surface area contributed by atoms with Gasteiger partial charge in [-0.1, -0.05) is 62.4 Å². The number of allylic oxidation sites excluding steroid dienone is 2. The topological polar surface area (TPSA) is 87.0 Å². The zero-order valence-corrected chi connectivity index (χ0v) is 20.5. The van der Waals surface area contributed by atoms with Crippen molar-refractivity contribution in [1.29, 1.82) is 0 Å². The lowest BCUT2D eigenvalue weighted by molar-refractivity contribution is -0.118. The first kappa shape index (κ1) is 23.7. The van der Waals surface area contributed by atoms with Crippen molar-refractivity contribution in [2.24, 2.45) is 10.4 Å². The van der Waals surface area contributed by atoms with Crippen molar-refractivity contribution in [3.63, 3.8) is 0 Å². The molecule has 182 valence electrons. The van der Waals surface area contributed by atoms with Gasteiger partial charge in [-0.05, 0) is 41.8 Å². The van der Waals surface area contributed by atoms with Gasteiger partial charge in [0.1, 0.15) is 5.76 Å². The van der Waals surface area contributed by atoms with Crippen LogP contribution in [0.5, 0.6) is 0 Å². The fourth-order valence-electron chi connectivity index (χ4n) is 5.15. The van der Waals surface area contributed by atoms with Crippen molar-refractivity contribution in [3.8, 4) is 0 Å². The van der Waals surface area contributed by atoms with Crippen molar-refractivity contribution in [1.82, 2.24) is 4.90 Å². The number of aliphatic hydroxyl groups excluding tert-OH is 1. The summed E-state index contributed by atoms with van der Waals surface area (Å²) in [5, 5.41) is 12.9. The fraction of sp³-hybridized carbons (Fsp3) is 0.267. The summed E-state index contributed by atoms with van der Waals surface area (Å²) < 4.78 is 0. The van der Waals surface area contributed by atoms with E-state index in [1.165, 1.54) is 4.90 Å². The van der Waals surface area contributed by atoms with Gasteiger partial charge in [0.15, 0.2) is 5.78 Å². The molecule has 1 aliphatic carbocycles. The normalized spacial score (nSPS) is 17.8. The van der Waals surface area contributed by atoms with E-state index >= 15 is 0 Å². The molecule has 0 radical (unpaired) electrons. The number of hydrogen-bond acceptors (Lipinski definition) is 5. The third-order valence-electron chi connectivity index (χ3n) is 6.84. The standard InChI is InChI=1S/C30H28N2O4/c1-30(2)17-25(33)27(26(34)18-30)24(31-23-14-7-10-19-9-3-4-11-20(19)23)15-8-16-32-28(35)21-12-5-6-13-22(21)29(32)36/h3-7,9-14,33H,8,15-18H2,1-2H3. The first-order valence-corrected chi connectivity index (χ1v) is 12.2. The summed E-state index contributed by atoms with van der Waals surface area (Å²) >= 11 is 0. The molecule has 1 heterocycles. The van der Waals surface area contributed by atoms with E-state index < -0.39 is 0 Å². The Morgan fingerprint density at radius 2 is 1.53 bits per heavy atom. The molecule has 0 aromatic heterocycles. The van der Waals surface area contributed by atoms with Gasteiger partial charge in [-0.3, -0.25) is 24.3 Å². The van der Waals surface area contributed by atoms with E-state index in [-0.39, 0.29) is 40.9 Å². The van der Waals surface area contributed by atoms with Crippen LogP contribution in [0.4, 0.5) is 5.69 Å². The van der Waals surface area contributed by atoms with Gasteiger partial charge in [-0.25, -0.2) is 0 Å². The average Bonchev–Trinajstić information content (AvgIpc) is 3.08. The number of aliphatic imine (C=N–C) groups is 1. The molecule has 6 heteroatoms. The second-order valence-corrected chi connectivity index (χ2v) is 10.2. The highest BCUT2D eigenvalue weighted by Gasteiger charge is 2.37. The molecule has 5 rings (SSSR count). The molecule has 1 N–H and O–H groups in total. The van der Waals surface area contributed by atoms with Crippen LogP contribution in [0, 0.1) is 5.41 Å². The van der Waals surface area contributed by atoms with E-state index in [9.17, 15) is 19.5 Å². The van der Waals surface area contributed by atoms with Gasteiger partial charge >= 0.3 is 0 Å². The predicted octanol–water partition coefficient (Wildman–Crippen LogP) is 6.19. The largest absolute Gasteiger partial charge is 0.511 e. The molecule has 2 aliphatic rings. The van der Waals surface area contributed by atoms with Gasteiger partial charge in [-0.2, -0.15) is 0 Å². The van der Waals surface area contributed by atoms with Crippen LogP contribution in [-0.4, -0.2) is 39.9 Å². The number of fused-ring (bicyclic) bond motifs is 2. The second kappa shape index (κ2) is 9.19. The Bertz CT molecular complexity index is 1420. The molecule has 3 aromatic rings. The van der Waals surface area contributed by atoms with Crippen LogP contribution >= 0.6 is 0 Å². The highest BCUT2D eigenvalue weighted by Crippen LogP contribution is 2.37. The number of nitrogens with zero attached hydrogens (tertiary/aromatic N) is 2. The number of hydrogen-bond donors (Lipinski definition) is 1. The van der Waals surface area contributed by atoms with Crippen LogP contribution in [0.15, 0.2) is 83.1 Å². The van der Waals surface area contributed by atoms with Gasteiger partial charge < -0.3 is 5.11 Å². The maximum atomic E-state index is 13.2. The van der Waals surface area contributed by atoms with E-state index in [2.05, 4.69) is 0 Å². The number of carbonyl (C=O) groups is 3. The Hall–Kier alpha value is -4.06. The minimum atomic E-state index is -0.324. The zero-order chi connectivity index (χ0) is 25.4. The molecule has 6 nitrogen and oxygen atoms in total. The Morgan fingerprint density at radius 3 is 2.22 bits per heavy atom. The number of imide groups is 1. The minimum Gasteiger partial charge on any atom is -0.511 e.